The maximum atomic E-state index is 13.7. The molecule has 1 fully saturated rings. The van der Waals surface area contributed by atoms with E-state index in [1.165, 1.54) is 0 Å². The molecule has 4 rings (SSSR count). The van der Waals surface area contributed by atoms with Crippen LogP contribution in [0, 0.1) is 0 Å². The summed E-state index contributed by atoms with van der Waals surface area (Å²) in [4.78, 5) is 29.9. The molecule has 2 aliphatic heterocycles. The van der Waals surface area contributed by atoms with Crippen LogP contribution in [0.1, 0.15) is 64.0 Å². The lowest BCUT2D eigenvalue weighted by molar-refractivity contribution is -0.141. The van der Waals surface area contributed by atoms with Crippen molar-refractivity contribution in [1.82, 2.24) is 15.5 Å². The molecule has 0 radical (unpaired) electrons. The van der Waals surface area contributed by atoms with Gasteiger partial charge >= 0.3 is 12.3 Å². The van der Waals surface area contributed by atoms with Gasteiger partial charge in [-0.2, -0.15) is 13.2 Å². The van der Waals surface area contributed by atoms with E-state index in [4.69, 9.17) is 4.74 Å². The minimum Gasteiger partial charge on any atom is -0.444 e. The van der Waals surface area contributed by atoms with Crippen LogP contribution in [0.15, 0.2) is 58.3 Å². The zero-order chi connectivity index (χ0) is 29.0. The van der Waals surface area contributed by atoms with Gasteiger partial charge in [0.2, 0.25) is 5.91 Å². The summed E-state index contributed by atoms with van der Waals surface area (Å²) in [6, 6.07) is 15.1. The molecule has 218 valence electrons. The topological polar surface area (TPSA) is 70.7 Å². The van der Waals surface area contributed by atoms with Crippen molar-refractivity contribution in [2.45, 2.75) is 85.9 Å². The number of hydrogen-bond acceptors (Lipinski definition) is 5. The lowest BCUT2D eigenvalue weighted by atomic mass is 9.69. The van der Waals surface area contributed by atoms with Crippen LogP contribution in [0.5, 0.6) is 0 Å². The molecule has 2 aromatic carbocycles. The van der Waals surface area contributed by atoms with E-state index in [9.17, 15) is 22.8 Å². The van der Waals surface area contributed by atoms with Crippen molar-refractivity contribution in [2.75, 3.05) is 26.2 Å². The van der Waals surface area contributed by atoms with E-state index in [0.29, 0.717) is 12.8 Å². The summed E-state index contributed by atoms with van der Waals surface area (Å²) < 4.78 is 44.7. The molecule has 0 spiro atoms. The van der Waals surface area contributed by atoms with Crippen molar-refractivity contribution in [3.63, 3.8) is 0 Å². The number of carbonyl (C=O) groups is 2. The van der Waals surface area contributed by atoms with Gasteiger partial charge in [-0.1, -0.05) is 54.6 Å². The molecule has 40 heavy (non-hydrogen) atoms. The fraction of sp³-hybridized carbons (Fsp3) is 0.533. The molecule has 0 aromatic heterocycles. The number of hydrogen-bond donors (Lipinski definition) is 2. The minimum atomic E-state index is -4.50. The summed E-state index contributed by atoms with van der Waals surface area (Å²) in [6.07, 6.45) is -1.38. The van der Waals surface area contributed by atoms with Gasteiger partial charge in [0.05, 0.1) is 0 Å². The van der Waals surface area contributed by atoms with Gasteiger partial charge in [-0.3, -0.25) is 4.79 Å². The Labute approximate surface area is 238 Å². The minimum absolute atomic E-state index is 0.0689. The van der Waals surface area contributed by atoms with Crippen LogP contribution in [-0.4, -0.2) is 60.9 Å². The van der Waals surface area contributed by atoms with Gasteiger partial charge in [-0.15, -0.1) is 0 Å². The quantitative estimate of drug-likeness (QED) is 0.362. The largest absolute Gasteiger partial charge is 0.444 e. The SMILES string of the molecule is CC(C)(C)OC(=O)NC1CCN(CCCCC2(C(=O)NCC(F)(F)F)c3ccccc3Sc3ccccc32)CC1. The zero-order valence-electron chi connectivity index (χ0n) is 23.3. The number of alkyl halides is 3. The summed E-state index contributed by atoms with van der Waals surface area (Å²) >= 11 is 1.55. The number of ether oxygens (including phenoxy) is 1. The molecule has 2 aromatic rings. The molecule has 1 saturated heterocycles. The summed E-state index contributed by atoms with van der Waals surface area (Å²) in [5.74, 6) is -0.612. The maximum absolute atomic E-state index is 13.7. The number of likely N-dealkylation sites (tertiary alicyclic amines) is 1. The van der Waals surface area contributed by atoms with Crippen molar-refractivity contribution in [2.24, 2.45) is 0 Å². The smallest absolute Gasteiger partial charge is 0.407 e. The highest BCUT2D eigenvalue weighted by atomic mass is 32.2. The molecule has 0 atom stereocenters. The molecular weight excluding hydrogens is 539 g/mol. The van der Waals surface area contributed by atoms with Crippen molar-refractivity contribution < 1.29 is 27.5 Å². The Kier molecular flexibility index (Phi) is 9.40. The number of carbonyl (C=O) groups excluding carboxylic acids is 2. The Bertz CT molecular complexity index is 1140. The maximum Gasteiger partial charge on any atom is 0.407 e. The number of alkyl carbamates (subject to hydrolysis) is 1. The third kappa shape index (κ3) is 7.51. The Morgan fingerprint density at radius 2 is 1.55 bits per heavy atom. The van der Waals surface area contributed by atoms with Crippen molar-refractivity contribution in [1.29, 1.82) is 0 Å². The number of nitrogens with zero attached hydrogens (tertiary/aromatic N) is 1. The lowest BCUT2D eigenvalue weighted by Gasteiger charge is -2.39. The highest BCUT2D eigenvalue weighted by Gasteiger charge is 2.47. The second-order valence-electron chi connectivity index (χ2n) is 11.5. The van der Waals surface area contributed by atoms with Crippen molar-refractivity contribution in [3.8, 4) is 0 Å². The third-order valence-corrected chi connectivity index (χ3v) is 8.49. The molecule has 10 heteroatoms. The van der Waals surface area contributed by atoms with Gasteiger partial charge in [0.1, 0.15) is 17.6 Å². The van der Waals surface area contributed by atoms with E-state index in [1.807, 2.05) is 69.3 Å². The summed E-state index contributed by atoms with van der Waals surface area (Å²) in [5.41, 5.74) is -0.225. The van der Waals surface area contributed by atoms with E-state index in [-0.39, 0.29) is 6.04 Å². The van der Waals surface area contributed by atoms with Gasteiger partial charge in [-0.05, 0) is 76.3 Å². The van der Waals surface area contributed by atoms with Gasteiger partial charge in [0.15, 0.2) is 0 Å². The molecule has 0 saturated carbocycles. The standard InChI is InChI=1S/C30H38F3N3O3S/c1-28(2,3)39-27(38)35-21-14-18-36(19-15-21)17-9-8-16-29(26(37)34-20-30(31,32)33)22-10-4-6-12-24(22)40-25-13-7-5-11-23(25)29/h4-7,10-13,21H,8-9,14-20H2,1-3H3,(H,34,37)(H,35,38). The first kappa shape index (κ1) is 30.2. The molecule has 2 aliphatic rings. The molecule has 2 heterocycles. The summed E-state index contributed by atoms with van der Waals surface area (Å²) in [6.45, 7) is 6.63. The number of unbranched alkanes of at least 4 members (excludes halogenated alkanes) is 1. The van der Waals surface area contributed by atoms with Crippen LogP contribution in [0.2, 0.25) is 0 Å². The van der Waals surface area contributed by atoms with Gasteiger partial charge < -0.3 is 20.3 Å². The highest BCUT2D eigenvalue weighted by molar-refractivity contribution is 7.99. The summed E-state index contributed by atoms with van der Waals surface area (Å²) in [5, 5.41) is 5.16. The number of halogens is 3. The second kappa shape index (κ2) is 12.4. The average molecular weight is 578 g/mol. The molecule has 0 aliphatic carbocycles. The van der Waals surface area contributed by atoms with Crippen LogP contribution in [0.25, 0.3) is 0 Å². The highest BCUT2D eigenvalue weighted by Crippen LogP contribution is 2.51. The molecule has 2 amide bonds. The van der Waals surface area contributed by atoms with Crippen LogP contribution < -0.4 is 10.6 Å². The molecule has 6 nitrogen and oxygen atoms in total. The predicted molar refractivity (Wildman–Crippen MR) is 150 cm³/mol. The van der Waals surface area contributed by atoms with Crippen LogP contribution in [0.4, 0.5) is 18.0 Å². The van der Waals surface area contributed by atoms with Crippen LogP contribution in [0.3, 0.4) is 0 Å². The summed E-state index contributed by atoms with van der Waals surface area (Å²) in [7, 11) is 0. The predicted octanol–water partition coefficient (Wildman–Crippen LogP) is 6.28. The van der Waals surface area contributed by atoms with Gasteiger partial charge in [-0.25, -0.2) is 4.79 Å². The van der Waals surface area contributed by atoms with E-state index in [2.05, 4.69) is 15.5 Å². The number of amides is 2. The van der Waals surface area contributed by atoms with Crippen LogP contribution >= 0.6 is 11.8 Å². The fourth-order valence-corrected chi connectivity index (χ4v) is 6.77. The Morgan fingerprint density at radius 3 is 2.10 bits per heavy atom. The van der Waals surface area contributed by atoms with Crippen molar-refractivity contribution in [3.05, 3.63) is 59.7 Å². The van der Waals surface area contributed by atoms with E-state index in [1.54, 1.807) is 11.8 Å². The Balaban J connectivity index is 1.42. The number of benzene rings is 2. The second-order valence-corrected chi connectivity index (χ2v) is 12.6. The van der Waals surface area contributed by atoms with E-state index in [0.717, 1.165) is 59.8 Å². The first-order valence-electron chi connectivity index (χ1n) is 13.8. The fourth-order valence-electron chi connectivity index (χ4n) is 5.54. The van der Waals surface area contributed by atoms with E-state index >= 15 is 0 Å². The lowest BCUT2D eigenvalue weighted by Crippen LogP contribution is -2.49. The third-order valence-electron chi connectivity index (χ3n) is 7.34. The molecule has 0 bridgehead atoms. The van der Waals surface area contributed by atoms with Gasteiger partial charge in [0.25, 0.3) is 0 Å². The van der Waals surface area contributed by atoms with Gasteiger partial charge in [0, 0.05) is 28.9 Å². The number of rotatable bonds is 8. The van der Waals surface area contributed by atoms with Crippen molar-refractivity contribution >= 4 is 23.8 Å². The monoisotopic (exact) mass is 577 g/mol. The number of fused-ring (bicyclic) bond motifs is 2. The molecular formula is C30H38F3N3O3S. The first-order valence-corrected chi connectivity index (χ1v) is 14.6. The molecule has 2 N–H and O–H groups in total. The molecule has 0 unspecified atom stereocenters. The normalized spacial score (nSPS) is 17.4. The first-order chi connectivity index (χ1) is 18.9. The zero-order valence-corrected chi connectivity index (χ0v) is 24.1. The van der Waals surface area contributed by atoms with Crippen LogP contribution in [-0.2, 0) is 14.9 Å². The van der Waals surface area contributed by atoms with E-state index < -0.39 is 35.7 Å². The average Bonchev–Trinajstić information content (AvgIpc) is 2.88. The number of piperidine rings is 1. The Morgan fingerprint density at radius 1 is 0.975 bits per heavy atom. The number of nitrogens with one attached hydrogen (secondary N) is 2. The Hall–Kier alpha value is -2.72.